The number of hydrogen-bond acceptors (Lipinski definition) is 5. The fraction of sp³-hybridized carbons (Fsp3) is 0.263. The van der Waals surface area contributed by atoms with E-state index in [0.29, 0.717) is 23.8 Å². The quantitative estimate of drug-likeness (QED) is 0.782. The molecule has 0 bridgehead atoms. The summed E-state index contributed by atoms with van der Waals surface area (Å²) in [5.41, 5.74) is 1.78. The molecule has 2 aromatic rings. The Balaban J connectivity index is 1.98. The fourth-order valence-electron chi connectivity index (χ4n) is 2.23. The van der Waals surface area contributed by atoms with E-state index in [9.17, 15) is 9.59 Å². The van der Waals surface area contributed by atoms with Crippen molar-refractivity contribution in [1.82, 2.24) is 0 Å². The SMILES string of the molecule is CCOc1ccccc1C(=O)OCC(=O)Nc1cc(C)ccc1OC. The minimum Gasteiger partial charge on any atom is -0.495 e. The van der Waals surface area contributed by atoms with Gasteiger partial charge in [0.15, 0.2) is 6.61 Å². The van der Waals surface area contributed by atoms with Crippen molar-refractivity contribution >= 4 is 17.6 Å². The van der Waals surface area contributed by atoms with Gasteiger partial charge in [0.25, 0.3) is 5.91 Å². The predicted molar refractivity (Wildman–Crippen MR) is 94.3 cm³/mol. The lowest BCUT2D eigenvalue weighted by Gasteiger charge is -2.12. The summed E-state index contributed by atoms with van der Waals surface area (Å²) in [5.74, 6) is -0.107. The number of aryl methyl sites for hydroxylation is 1. The van der Waals surface area contributed by atoms with Gasteiger partial charge in [-0.3, -0.25) is 4.79 Å². The maximum absolute atomic E-state index is 12.2. The van der Waals surface area contributed by atoms with E-state index in [0.717, 1.165) is 5.56 Å². The highest BCUT2D eigenvalue weighted by Crippen LogP contribution is 2.25. The number of methoxy groups -OCH3 is 1. The van der Waals surface area contributed by atoms with E-state index in [-0.39, 0.29) is 5.56 Å². The standard InChI is InChI=1S/C19H21NO5/c1-4-24-16-8-6-5-7-14(16)19(22)25-12-18(21)20-15-11-13(2)9-10-17(15)23-3/h5-11H,4,12H2,1-3H3,(H,20,21). The molecule has 6 nitrogen and oxygen atoms in total. The van der Waals surface area contributed by atoms with Crippen LogP contribution in [0.4, 0.5) is 5.69 Å². The number of benzene rings is 2. The number of carbonyl (C=O) groups excluding carboxylic acids is 2. The van der Waals surface area contributed by atoms with E-state index >= 15 is 0 Å². The van der Waals surface area contributed by atoms with Crippen molar-refractivity contribution in [3.8, 4) is 11.5 Å². The Hall–Kier alpha value is -3.02. The van der Waals surface area contributed by atoms with Gasteiger partial charge in [0, 0.05) is 0 Å². The number of ether oxygens (including phenoxy) is 3. The normalized spacial score (nSPS) is 10.0. The second-order valence-corrected chi connectivity index (χ2v) is 5.26. The third kappa shape index (κ3) is 4.97. The van der Waals surface area contributed by atoms with Gasteiger partial charge >= 0.3 is 5.97 Å². The first kappa shape index (κ1) is 18.3. The van der Waals surface area contributed by atoms with Gasteiger partial charge in [-0.15, -0.1) is 0 Å². The molecule has 0 spiro atoms. The first-order valence-electron chi connectivity index (χ1n) is 7.88. The number of carbonyl (C=O) groups is 2. The van der Waals surface area contributed by atoms with E-state index in [1.165, 1.54) is 7.11 Å². The Labute approximate surface area is 146 Å². The van der Waals surface area contributed by atoms with Crippen LogP contribution in [0.25, 0.3) is 0 Å². The molecule has 132 valence electrons. The highest BCUT2D eigenvalue weighted by Gasteiger charge is 2.16. The van der Waals surface area contributed by atoms with Crippen molar-refractivity contribution in [1.29, 1.82) is 0 Å². The summed E-state index contributed by atoms with van der Waals surface area (Å²) in [6.45, 7) is 3.75. The van der Waals surface area contributed by atoms with Gasteiger partial charge in [-0.1, -0.05) is 18.2 Å². The molecule has 6 heteroatoms. The molecular weight excluding hydrogens is 322 g/mol. The molecule has 2 rings (SSSR count). The molecule has 1 N–H and O–H groups in total. The minimum atomic E-state index is -0.615. The molecule has 0 radical (unpaired) electrons. The van der Waals surface area contributed by atoms with E-state index < -0.39 is 18.5 Å². The summed E-state index contributed by atoms with van der Waals surface area (Å²) < 4.78 is 15.7. The fourth-order valence-corrected chi connectivity index (χ4v) is 2.23. The molecule has 0 atom stereocenters. The van der Waals surface area contributed by atoms with Gasteiger partial charge in [-0.2, -0.15) is 0 Å². The zero-order valence-corrected chi connectivity index (χ0v) is 14.5. The molecule has 0 saturated heterocycles. The number of esters is 1. The maximum atomic E-state index is 12.2. The van der Waals surface area contributed by atoms with Crippen LogP contribution >= 0.6 is 0 Å². The average Bonchev–Trinajstić information content (AvgIpc) is 2.61. The Bertz CT molecular complexity index is 757. The van der Waals surface area contributed by atoms with Crippen molar-refractivity contribution in [3.05, 3.63) is 53.6 Å². The highest BCUT2D eigenvalue weighted by molar-refractivity contribution is 5.97. The number of anilines is 1. The van der Waals surface area contributed by atoms with Crippen LogP contribution in [0.5, 0.6) is 11.5 Å². The van der Waals surface area contributed by atoms with Crippen LogP contribution in [0.2, 0.25) is 0 Å². The highest BCUT2D eigenvalue weighted by atomic mass is 16.5. The van der Waals surface area contributed by atoms with E-state index in [1.54, 1.807) is 36.4 Å². The molecule has 0 fully saturated rings. The third-order valence-electron chi connectivity index (χ3n) is 3.37. The predicted octanol–water partition coefficient (Wildman–Crippen LogP) is 3.20. The first-order chi connectivity index (χ1) is 12.0. The monoisotopic (exact) mass is 343 g/mol. The van der Waals surface area contributed by atoms with Crippen LogP contribution in [-0.4, -0.2) is 32.2 Å². The molecule has 0 aliphatic rings. The van der Waals surface area contributed by atoms with Crippen LogP contribution in [0.3, 0.4) is 0 Å². The Morgan fingerprint density at radius 2 is 1.84 bits per heavy atom. The van der Waals surface area contributed by atoms with Crippen LogP contribution in [0.15, 0.2) is 42.5 Å². The van der Waals surface area contributed by atoms with Crippen molar-refractivity contribution < 1.29 is 23.8 Å². The van der Waals surface area contributed by atoms with Gasteiger partial charge < -0.3 is 19.5 Å². The summed E-state index contributed by atoms with van der Waals surface area (Å²) in [7, 11) is 1.52. The molecular formula is C19H21NO5. The molecule has 0 heterocycles. The van der Waals surface area contributed by atoms with E-state index in [4.69, 9.17) is 14.2 Å². The van der Waals surface area contributed by atoms with Crippen molar-refractivity contribution in [2.75, 3.05) is 25.6 Å². The maximum Gasteiger partial charge on any atom is 0.342 e. The summed E-state index contributed by atoms with van der Waals surface area (Å²) in [5, 5.41) is 2.68. The van der Waals surface area contributed by atoms with Gasteiger partial charge in [0.05, 0.1) is 19.4 Å². The molecule has 0 aliphatic heterocycles. The zero-order valence-electron chi connectivity index (χ0n) is 14.5. The van der Waals surface area contributed by atoms with Gasteiger partial charge in [0.2, 0.25) is 0 Å². The summed E-state index contributed by atoms with van der Waals surface area (Å²) >= 11 is 0. The number of para-hydroxylation sites is 1. The second-order valence-electron chi connectivity index (χ2n) is 5.26. The van der Waals surface area contributed by atoms with E-state index in [2.05, 4.69) is 5.32 Å². The topological polar surface area (TPSA) is 73.9 Å². The smallest absolute Gasteiger partial charge is 0.342 e. The van der Waals surface area contributed by atoms with Gasteiger partial charge in [-0.25, -0.2) is 4.79 Å². The largest absolute Gasteiger partial charge is 0.495 e. The number of hydrogen-bond donors (Lipinski definition) is 1. The Kier molecular flexibility index (Phi) is 6.39. The lowest BCUT2D eigenvalue weighted by atomic mass is 10.2. The average molecular weight is 343 g/mol. The Morgan fingerprint density at radius 1 is 1.08 bits per heavy atom. The van der Waals surface area contributed by atoms with E-state index in [1.807, 2.05) is 19.9 Å². The number of amides is 1. The van der Waals surface area contributed by atoms with Crippen LogP contribution in [0.1, 0.15) is 22.8 Å². The van der Waals surface area contributed by atoms with Gasteiger partial charge in [0.1, 0.15) is 17.1 Å². The lowest BCUT2D eigenvalue weighted by molar-refractivity contribution is -0.119. The Morgan fingerprint density at radius 3 is 2.56 bits per heavy atom. The molecule has 1 amide bonds. The molecule has 0 saturated carbocycles. The summed E-state index contributed by atoms with van der Waals surface area (Å²) in [6.07, 6.45) is 0. The van der Waals surface area contributed by atoms with Crippen LogP contribution in [-0.2, 0) is 9.53 Å². The first-order valence-corrected chi connectivity index (χ1v) is 7.88. The minimum absolute atomic E-state index is 0.283. The van der Waals surface area contributed by atoms with Crippen molar-refractivity contribution in [2.24, 2.45) is 0 Å². The van der Waals surface area contributed by atoms with Crippen molar-refractivity contribution in [2.45, 2.75) is 13.8 Å². The molecule has 0 unspecified atom stereocenters. The van der Waals surface area contributed by atoms with Crippen molar-refractivity contribution in [3.63, 3.8) is 0 Å². The number of rotatable bonds is 7. The summed E-state index contributed by atoms with van der Waals surface area (Å²) in [4.78, 5) is 24.2. The lowest BCUT2D eigenvalue weighted by Crippen LogP contribution is -2.21. The van der Waals surface area contributed by atoms with Crippen LogP contribution < -0.4 is 14.8 Å². The molecule has 25 heavy (non-hydrogen) atoms. The molecule has 0 aromatic heterocycles. The molecule has 0 aliphatic carbocycles. The summed E-state index contributed by atoms with van der Waals surface area (Å²) in [6, 6.07) is 12.2. The molecule has 2 aromatic carbocycles. The second kappa shape index (κ2) is 8.73. The van der Waals surface area contributed by atoms with Crippen LogP contribution in [0, 0.1) is 6.92 Å². The zero-order chi connectivity index (χ0) is 18.2. The third-order valence-corrected chi connectivity index (χ3v) is 3.37. The number of nitrogens with one attached hydrogen (secondary N) is 1. The van der Waals surface area contributed by atoms with Gasteiger partial charge in [-0.05, 0) is 43.7 Å².